The van der Waals surface area contributed by atoms with Gasteiger partial charge >= 0.3 is 12.2 Å². The van der Waals surface area contributed by atoms with Gasteiger partial charge in [0.15, 0.2) is 0 Å². The third-order valence-electron chi connectivity index (χ3n) is 6.04. The summed E-state index contributed by atoms with van der Waals surface area (Å²) < 4.78 is 10.7. The van der Waals surface area contributed by atoms with E-state index in [0.717, 1.165) is 24.8 Å². The first-order valence-corrected chi connectivity index (χ1v) is 14.9. The fourth-order valence-electron chi connectivity index (χ4n) is 4.05. The molecule has 12 nitrogen and oxygen atoms in total. The molecule has 0 saturated carbocycles. The maximum absolute atomic E-state index is 12.4. The Hall–Kier alpha value is -5.39. The number of benzene rings is 3. The van der Waals surface area contributed by atoms with Gasteiger partial charge in [-0.2, -0.15) is 15.0 Å². The number of rotatable bonds is 13. The molecule has 5 N–H and O–H groups in total. The van der Waals surface area contributed by atoms with Crippen LogP contribution in [0.3, 0.4) is 0 Å². The second kappa shape index (κ2) is 15.9. The van der Waals surface area contributed by atoms with Gasteiger partial charge in [-0.3, -0.25) is 10.6 Å². The summed E-state index contributed by atoms with van der Waals surface area (Å²) in [7, 11) is 0. The molecule has 4 rings (SSSR count). The molecule has 0 fully saturated rings. The van der Waals surface area contributed by atoms with Crippen LogP contribution in [0.25, 0.3) is 0 Å². The number of anilines is 7. The molecular formula is C33H40N8O4. The van der Waals surface area contributed by atoms with Crippen LogP contribution in [0, 0.1) is 0 Å². The molecule has 0 aliphatic heterocycles. The molecule has 0 bridgehead atoms. The Morgan fingerprint density at radius 3 is 1.82 bits per heavy atom. The van der Waals surface area contributed by atoms with Crippen molar-refractivity contribution in [3.05, 3.63) is 84.4 Å². The highest BCUT2D eigenvalue weighted by molar-refractivity contribution is 5.86. The number of amides is 2. The molecule has 1 aromatic heterocycles. The van der Waals surface area contributed by atoms with E-state index in [1.807, 2.05) is 42.5 Å². The van der Waals surface area contributed by atoms with E-state index in [-0.39, 0.29) is 12.6 Å². The Bertz CT molecular complexity index is 1560. The van der Waals surface area contributed by atoms with Gasteiger partial charge in [0.05, 0.1) is 0 Å². The predicted octanol–water partition coefficient (Wildman–Crippen LogP) is 8.06. The van der Waals surface area contributed by atoms with E-state index in [1.54, 1.807) is 57.2 Å². The Morgan fingerprint density at radius 1 is 0.689 bits per heavy atom. The molecule has 1 heterocycles. The number of carbonyl (C=O) groups is 2. The summed E-state index contributed by atoms with van der Waals surface area (Å²) in [5.74, 6) is 0.976. The van der Waals surface area contributed by atoms with Crippen molar-refractivity contribution in [1.29, 1.82) is 0 Å². The molecular weight excluding hydrogens is 572 g/mol. The van der Waals surface area contributed by atoms with Crippen LogP contribution in [0.15, 0.2) is 78.9 Å². The minimum Gasteiger partial charge on any atom is -0.444 e. The minimum absolute atomic E-state index is 0.166. The fourth-order valence-corrected chi connectivity index (χ4v) is 4.05. The Labute approximate surface area is 263 Å². The third-order valence-corrected chi connectivity index (χ3v) is 6.04. The van der Waals surface area contributed by atoms with Gasteiger partial charge < -0.3 is 25.4 Å². The molecule has 4 aromatic rings. The van der Waals surface area contributed by atoms with Crippen molar-refractivity contribution in [2.75, 3.05) is 33.1 Å². The predicted molar refractivity (Wildman–Crippen MR) is 177 cm³/mol. The van der Waals surface area contributed by atoms with Crippen LogP contribution >= 0.6 is 0 Å². The van der Waals surface area contributed by atoms with Crippen LogP contribution in [0.4, 0.5) is 50.2 Å². The van der Waals surface area contributed by atoms with Crippen LogP contribution in [0.2, 0.25) is 0 Å². The molecule has 3 aromatic carbocycles. The Morgan fingerprint density at radius 2 is 1.24 bits per heavy atom. The molecule has 2 amide bonds. The van der Waals surface area contributed by atoms with Crippen molar-refractivity contribution < 1.29 is 19.1 Å². The van der Waals surface area contributed by atoms with Gasteiger partial charge in [0.25, 0.3) is 0 Å². The summed E-state index contributed by atoms with van der Waals surface area (Å²) in [6.45, 7) is 8.43. The molecule has 12 heteroatoms. The number of aromatic nitrogens is 3. The molecule has 45 heavy (non-hydrogen) atoms. The quantitative estimate of drug-likeness (QED) is 0.0938. The topological polar surface area (TPSA) is 151 Å². The number of ether oxygens (including phenoxy) is 2. The zero-order valence-corrected chi connectivity index (χ0v) is 26.0. The summed E-state index contributed by atoms with van der Waals surface area (Å²) in [5.41, 5.74) is 2.67. The van der Waals surface area contributed by atoms with Gasteiger partial charge in [0, 0.05) is 29.3 Å². The highest BCUT2D eigenvalue weighted by Crippen LogP contribution is 2.23. The van der Waals surface area contributed by atoms with E-state index in [4.69, 9.17) is 9.47 Å². The first-order valence-electron chi connectivity index (χ1n) is 14.9. The van der Waals surface area contributed by atoms with Gasteiger partial charge in [-0.25, -0.2) is 9.59 Å². The van der Waals surface area contributed by atoms with Gasteiger partial charge in [0.1, 0.15) is 12.2 Å². The molecule has 0 atom stereocenters. The summed E-state index contributed by atoms with van der Waals surface area (Å²) in [6, 6.07) is 23.7. The number of carbonyl (C=O) groups excluding carboxylic acids is 2. The molecule has 0 spiro atoms. The van der Waals surface area contributed by atoms with Crippen LogP contribution in [0.5, 0.6) is 0 Å². The van der Waals surface area contributed by atoms with E-state index < -0.39 is 17.8 Å². The van der Waals surface area contributed by atoms with Crippen molar-refractivity contribution in [1.82, 2.24) is 15.0 Å². The van der Waals surface area contributed by atoms with Crippen molar-refractivity contribution in [3.8, 4) is 0 Å². The number of nitrogens with one attached hydrogen (secondary N) is 5. The number of hydrogen-bond donors (Lipinski definition) is 5. The second-order valence-corrected chi connectivity index (χ2v) is 11.2. The highest BCUT2D eigenvalue weighted by atomic mass is 16.6. The van der Waals surface area contributed by atoms with Gasteiger partial charge in [-0.1, -0.05) is 62.2 Å². The maximum Gasteiger partial charge on any atom is 0.412 e. The molecule has 0 unspecified atom stereocenters. The average molecular weight is 613 g/mol. The van der Waals surface area contributed by atoms with Crippen LogP contribution in [-0.2, 0) is 16.1 Å². The lowest BCUT2D eigenvalue weighted by Crippen LogP contribution is -2.27. The van der Waals surface area contributed by atoms with Crippen molar-refractivity contribution in [2.45, 2.75) is 59.2 Å². The van der Waals surface area contributed by atoms with Gasteiger partial charge in [0.2, 0.25) is 17.8 Å². The average Bonchev–Trinajstić information content (AvgIpc) is 2.98. The Balaban J connectivity index is 1.46. The molecule has 0 radical (unpaired) electrons. The maximum atomic E-state index is 12.4. The normalized spacial score (nSPS) is 10.8. The fraction of sp³-hybridized carbons (Fsp3) is 0.303. The van der Waals surface area contributed by atoms with E-state index in [0.29, 0.717) is 41.2 Å². The van der Waals surface area contributed by atoms with E-state index in [2.05, 4.69) is 48.5 Å². The zero-order chi connectivity index (χ0) is 32.1. The number of nitrogens with zero attached hydrogens (tertiary/aromatic N) is 3. The number of hydrogen-bond acceptors (Lipinski definition) is 10. The first kappa shape index (κ1) is 32.5. The van der Waals surface area contributed by atoms with Crippen LogP contribution in [-0.4, -0.2) is 39.3 Å². The molecule has 0 saturated heterocycles. The summed E-state index contributed by atoms with van der Waals surface area (Å²) in [4.78, 5) is 38.3. The van der Waals surface area contributed by atoms with Gasteiger partial charge in [-0.05, 0) is 69.2 Å². The first-order chi connectivity index (χ1) is 21.6. The Kier molecular flexibility index (Phi) is 11.5. The van der Waals surface area contributed by atoms with Crippen molar-refractivity contribution >= 4 is 52.8 Å². The monoisotopic (exact) mass is 612 g/mol. The lowest BCUT2D eigenvalue weighted by molar-refractivity contribution is 0.0636. The molecule has 236 valence electrons. The van der Waals surface area contributed by atoms with Crippen molar-refractivity contribution in [3.63, 3.8) is 0 Å². The van der Waals surface area contributed by atoms with E-state index in [1.165, 1.54) is 0 Å². The van der Waals surface area contributed by atoms with E-state index >= 15 is 0 Å². The zero-order valence-electron chi connectivity index (χ0n) is 26.0. The summed E-state index contributed by atoms with van der Waals surface area (Å²) >= 11 is 0. The second-order valence-electron chi connectivity index (χ2n) is 11.2. The largest absolute Gasteiger partial charge is 0.444 e. The highest BCUT2D eigenvalue weighted by Gasteiger charge is 2.16. The third kappa shape index (κ3) is 11.7. The lowest BCUT2D eigenvalue weighted by Gasteiger charge is -2.19. The molecule has 0 aliphatic rings. The standard InChI is InChI=1S/C33H40N8O4/c1-5-6-10-19-34-28-39-29(35-24-15-11-17-26(20-24)37-31(42)44-22-23-13-8-7-9-14-23)41-30(40-28)36-25-16-12-18-27(21-25)38-32(43)45-33(2,3)4/h7-9,11-18,20-21H,5-6,10,19,22H2,1-4H3,(H,37,42)(H,38,43)(H3,34,35,36,39,40,41). The van der Waals surface area contributed by atoms with Crippen LogP contribution < -0.4 is 26.6 Å². The van der Waals surface area contributed by atoms with Gasteiger partial charge in [-0.15, -0.1) is 0 Å². The van der Waals surface area contributed by atoms with E-state index in [9.17, 15) is 9.59 Å². The van der Waals surface area contributed by atoms with Crippen molar-refractivity contribution in [2.24, 2.45) is 0 Å². The SMILES string of the molecule is CCCCCNc1nc(Nc2cccc(NC(=O)OCc3ccccc3)c2)nc(Nc2cccc(NC(=O)OC(C)(C)C)c2)n1. The van der Waals surface area contributed by atoms with Crippen LogP contribution in [0.1, 0.15) is 52.5 Å². The molecule has 0 aliphatic carbocycles. The summed E-state index contributed by atoms with van der Waals surface area (Å²) in [6.07, 6.45) is 2.03. The smallest absolute Gasteiger partial charge is 0.412 e. The summed E-state index contributed by atoms with van der Waals surface area (Å²) in [5, 5.41) is 15.1. The lowest BCUT2D eigenvalue weighted by atomic mass is 10.2. The minimum atomic E-state index is -0.615. The number of unbranched alkanes of at least 4 members (excludes halogenated alkanes) is 2.